The van der Waals surface area contributed by atoms with Gasteiger partial charge >= 0.3 is 5.97 Å². The van der Waals surface area contributed by atoms with Gasteiger partial charge in [-0.2, -0.15) is 0 Å². The second kappa shape index (κ2) is 5.28. The van der Waals surface area contributed by atoms with E-state index in [9.17, 15) is 14.7 Å². The lowest BCUT2D eigenvalue weighted by molar-refractivity contribution is -0.220. The average molecular weight is 290 g/mol. The van der Waals surface area contributed by atoms with Crippen molar-refractivity contribution in [2.75, 3.05) is 0 Å². The van der Waals surface area contributed by atoms with Crippen LogP contribution in [0.2, 0.25) is 0 Å². The summed E-state index contributed by atoms with van der Waals surface area (Å²) in [4.78, 5) is 23.7. The van der Waals surface area contributed by atoms with Crippen LogP contribution in [-0.2, 0) is 14.3 Å². The van der Waals surface area contributed by atoms with E-state index in [-0.39, 0.29) is 0 Å². The first-order chi connectivity index (χ1) is 9.80. The van der Waals surface area contributed by atoms with E-state index in [1.54, 1.807) is 30.3 Å². The molecule has 0 unspecified atom stereocenters. The number of hydrogen-bond acceptors (Lipinski definition) is 6. The lowest BCUT2D eigenvalue weighted by Crippen LogP contribution is -2.42. The van der Waals surface area contributed by atoms with E-state index in [1.165, 1.54) is 13.8 Å². The Morgan fingerprint density at radius 2 is 1.86 bits per heavy atom. The Hall–Kier alpha value is -2.83. The van der Waals surface area contributed by atoms with E-state index in [4.69, 9.17) is 14.9 Å². The van der Waals surface area contributed by atoms with Crippen LogP contribution < -0.4 is 5.32 Å². The van der Waals surface area contributed by atoms with Crippen molar-refractivity contribution in [1.82, 2.24) is 5.32 Å². The highest BCUT2D eigenvalue weighted by Crippen LogP contribution is 2.25. The maximum atomic E-state index is 11.9. The Labute approximate surface area is 120 Å². The van der Waals surface area contributed by atoms with Gasteiger partial charge in [0.05, 0.1) is 0 Å². The van der Waals surface area contributed by atoms with Crippen LogP contribution in [0.25, 0.3) is 0 Å². The van der Waals surface area contributed by atoms with Crippen LogP contribution in [0.15, 0.2) is 41.9 Å². The highest BCUT2D eigenvalue weighted by molar-refractivity contribution is 6.23. The summed E-state index contributed by atoms with van der Waals surface area (Å²) >= 11 is 0. The number of amidine groups is 1. The van der Waals surface area contributed by atoms with Gasteiger partial charge in [0.2, 0.25) is 0 Å². The molecule has 110 valence electrons. The van der Waals surface area contributed by atoms with Gasteiger partial charge in [0.15, 0.2) is 5.57 Å². The van der Waals surface area contributed by atoms with E-state index < -0.39 is 35.0 Å². The molecule has 0 aromatic heterocycles. The summed E-state index contributed by atoms with van der Waals surface area (Å²) in [7, 11) is 0. The van der Waals surface area contributed by atoms with Crippen molar-refractivity contribution in [3.63, 3.8) is 0 Å². The Morgan fingerprint density at radius 1 is 1.24 bits per heavy atom. The molecular weight excluding hydrogens is 276 g/mol. The molecule has 0 bridgehead atoms. The van der Waals surface area contributed by atoms with Crippen LogP contribution in [0.3, 0.4) is 0 Å². The Balaban J connectivity index is 2.17. The van der Waals surface area contributed by atoms with Crippen molar-refractivity contribution in [2.24, 2.45) is 0 Å². The topological polar surface area (TPSA) is 109 Å². The van der Waals surface area contributed by atoms with Crippen LogP contribution in [0, 0.1) is 5.41 Å². The molecule has 0 spiro atoms. The number of ether oxygens (including phenoxy) is 2. The van der Waals surface area contributed by atoms with Crippen molar-refractivity contribution in [3.05, 3.63) is 47.4 Å². The smallest absolute Gasteiger partial charge is 0.352 e. The first kappa shape index (κ1) is 14.6. The number of carbonyl (C=O) groups excluding carboxylic acids is 2. The van der Waals surface area contributed by atoms with Crippen LogP contribution in [0.5, 0.6) is 0 Å². The van der Waals surface area contributed by atoms with Gasteiger partial charge in [0.1, 0.15) is 5.84 Å². The van der Waals surface area contributed by atoms with Crippen molar-refractivity contribution < 1.29 is 24.2 Å². The highest BCUT2D eigenvalue weighted by Gasteiger charge is 2.38. The fourth-order valence-electron chi connectivity index (χ4n) is 1.71. The molecule has 2 rings (SSSR count). The normalized spacial score (nSPS) is 16.8. The number of nitrogens with one attached hydrogen (secondary N) is 2. The van der Waals surface area contributed by atoms with Gasteiger partial charge in [-0.05, 0) is 12.1 Å². The van der Waals surface area contributed by atoms with Crippen LogP contribution in [-0.4, -0.2) is 28.6 Å². The summed E-state index contributed by atoms with van der Waals surface area (Å²) < 4.78 is 9.86. The zero-order valence-electron chi connectivity index (χ0n) is 11.5. The molecule has 7 nitrogen and oxygen atoms in total. The minimum Gasteiger partial charge on any atom is -0.480 e. The van der Waals surface area contributed by atoms with Gasteiger partial charge in [0.25, 0.3) is 17.6 Å². The quantitative estimate of drug-likeness (QED) is 0.434. The monoisotopic (exact) mass is 290 g/mol. The summed E-state index contributed by atoms with van der Waals surface area (Å²) in [5, 5.41) is 19.6. The second-order valence-corrected chi connectivity index (χ2v) is 4.77. The maximum absolute atomic E-state index is 11.9. The van der Waals surface area contributed by atoms with Crippen molar-refractivity contribution in [2.45, 2.75) is 19.6 Å². The van der Waals surface area contributed by atoms with E-state index >= 15 is 0 Å². The molecule has 0 atom stereocenters. The molecule has 0 radical (unpaired) electrons. The molecule has 0 fully saturated rings. The number of rotatable bonds is 2. The fourth-order valence-corrected chi connectivity index (χ4v) is 1.71. The lowest BCUT2D eigenvalue weighted by Gasteiger charge is -2.30. The Morgan fingerprint density at radius 3 is 2.43 bits per heavy atom. The number of cyclic esters (lactones) is 1. The zero-order chi connectivity index (χ0) is 15.6. The van der Waals surface area contributed by atoms with Crippen molar-refractivity contribution >= 4 is 17.7 Å². The molecule has 7 heteroatoms. The van der Waals surface area contributed by atoms with Crippen LogP contribution in [0.4, 0.5) is 0 Å². The molecule has 1 aromatic carbocycles. The van der Waals surface area contributed by atoms with E-state index in [0.717, 1.165) is 0 Å². The summed E-state index contributed by atoms with van der Waals surface area (Å²) in [5.41, 5.74) is -0.216. The molecule has 1 aliphatic rings. The molecular formula is C14H14N2O5. The fraction of sp³-hybridized carbons (Fsp3) is 0.214. The number of aliphatic hydroxyl groups excluding tert-OH is 1. The minimum absolute atomic E-state index is 0.313. The van der Waals surface area contributed by atoms with Gasteiger partial charge in [-0.3, -0.25) is 10.2 Å². The summed E-state index contributed by atoms with van der Waals surface area (Å²) in [5.74, 6) is -4.20. The molecule has 1 heterocycles. The molecule has 1 amide bonds. The second-order valence-electron chi connectivity index (χ2n) is 4.77. The largest absolute Gasteiger partial charge is 0.480 e. The lowest BCUT2D eigenvalue weighted by atomic mass is 10.2. The molecule has 0 saturated heterocycles. The van der Waals surface area contributed by atoms with Crippen LogP contribution >= 0.6 is 0 Å². The van der Waals surface area contributed by atoms with E-state index in [0.29, 0.717) is 5.56 Å². The highest BCUT2D eigenvalue weighted by atomic mass is 16.8. The predicted octanol–water partition coefficient (Wildman–Crippen LogP) is 1.47. The number of amides is 1. The number of carbonyl (C=O) groups is 2. The summed E-state index contributed by atoms with van der Waals surface area (Å²) in [6.45, 7) is 2.87. The van der Waals surface area contributed by atoms with Crippen molar-refractivity contribution in [1.29, 1.82) is 5.41 Å². The molecule has 21 heavy (non-hydrogen) atoms. The first-order valence-corrected chi connectivity index (χ1v) is 6.11. The Kier molecular flexibility index (Phi) is 3.66. The average Bonchev–Trinajstić information content (AvgIpc) is 2.37. The molecule has 0 saturated carbocycles. The van der Waals surface area contributed by atoms with Gasteiger partial charge in [-0.25, -0.2) is 4.79 Å². The molecule has 0 aliphatic carbocycles. The minimum atomic E-state index is -1.33. The summed E-state index contributed by atoms with van der Waals surface area (Å²) in [6.07, 6.45) is 0. The summed E-state index contributed by atoms with van der Waals surface area (Å²) in [6, 6.07) is 8.17. The maximum Gasteiger partial charge on any atom is 0.352 e. The van der Waals surface area contributed by atoms with E-state index in [2.05, 4.69) is 5.32 Å². The van der Waals surface area contributed by atoms with Gasteiger partial charge in [-0.15, -0.1) is 0 Å². The number of hydrogen-bond donors (Lipinski definition) is 3. The molecule has 1 aromatic rings. The van der Waals surface area contributed by atoms with Gasteiger partial charge in [-0.1, -0.05) is 18.2 Å². The zero-order valence-corrected chi connectivity index (χ0v) is 11.5. The van der Waals surface area contributed by atoms with Gasteiger partial charge in [0, 0.05) is 19.4 Å². The third-order valence-corrected chi connectivity index (χ3v) is 2.62. The number of aliphatic hydroxyl groups is 1. The first-order valence-electron chi connectivity index (χ1n) is 6.11. The standard InChI is InChI=1S/C14H14N2O5/c1-14(2)20-12(18)9(13(19)21-14)10(15)16-11(17)8-6-4-3-5-7-8/h3-7,18H,1-2H3,(H2,15,16,17). The predicted molar refractivity (Wildman–Crippen MR) is 72.5 cm³/mol. The molecule has 3 N–H and O–H groups in total. The third-order valence-electron chi connectivity index (χ3n) is 2.62. The number of benzene rings is 1. The molecule has 1 aliphatic heterocycles. The van der Waals surface area contributed by atoms with E-state index in [1.807, 2.05) is 0 Å². The third kappa shape index (κ3) is 3.19. The van der Waals surface area contributed by atoms with Crippen molar-refractivity contribution in [3.8, 4) is 0 Å². The Bertz CT molecular complexity index is 634. The number of esters is 1. The SMILES string of the molecule is CC1(C)OC(=O)C(C(=N)NC(=O)c2ccccc2)=C(O)O1. The van der Waals surface area contributed by atoms with Gasteiger partial charge < -0.3 is 19.9 Å². The van der Waals surface area contributed by atoms with Crippen LogP contribution in [0.1, 0.15) is 24.2 Å².